The van der Waals surface area contributed by atoms with E-state index in [2.05, 4.69) is 10.3 Å². The van der Waals surface area contributed by atoms with Crippen molar-refractivity contribution in [1.29, 1.82) is 0 Å². The molecule has 27 heavy (non-hydrogen) atoms. The number of ether oxygens (including phenoxy) is 1. The number of carbonyl (C=O) groups excluding carboxylic acids is 1. The van der Waals surface area contributed by atoms with E-state index in [1.165, 1.54) is 6.07 Å². The molecule has 0 aliphatic carbocycles. The van der Waals surface area contributed by atoms with Gasteiger partial charge in [0.05, 0.1) is 17.5 Å². The van der Waals surface area contributed by atoms with E-state index >= 15 is 0 Å². The van der Waals surface area contributed by atoms with E-state index in [1.807, 2.05) is 30.3 Å². The number of hydrogen-bond acceptors (Lipinski definition) is 7. The number of esters is 1. The van der Waals surface area contributed by atoms with Crippen molar-refractivity contribution >= 4 is 17.3 Å². The highest BCUT2D eigenvalue weighted by molar-refractivity contribution is 5.70. The number of benzene rings is 2. The minimum absolute atomic E-state index is 0.0425. The highest BCUT2D eigenvalue weighted by Gasteiger charge is 2.13. The molecule has 2 aromatic carbocycles. The highest BCUT2D eigenvalue weighted by Crippen LogP contribution is 2.23. The molecule has 3 rings (SSSR count). The van der Waals surface area contributed by atoms with E-state index in [0.29, 0.717) is 17.3 Å². The molecule has 0 radical (unpaired) electrons. The van der Waals surface area contributed by atoms with Gasteiger partial charge in [-0.3, -0.25) is 14.9 Å². The van der Waals surface area contributed by atoms with Crippen molar-refractivity contribution in [1.82, 2.24) is 4.98 Å². The summed E-state index contributed by atoms with van der Waals surface area (Å²) in [5.41, 5.74) is 1.20. The molecule has 0 saturated carbocycles. The number of hydrogen-bond donors (Lipinski definition) is 1. The number of nitrogens with zero attached hydrogens (tertiary/aromatic N) is 2. The Morgan fingerprint density at radius 1 is 1.15 bits per heavy atom. The van der Waals surface area contributed by atoms with Gasteiger partial charge >= 0.3 is 5.97 Å². The Morgan fingerprint density at radius 2 is 1.89 bits per heavy atom. The third-order valence-electron chi connectivity index (χ3n) is 3.71. The standard InChI is InChI=1S/C19H17N3O5/c23-19(10-11-20-15-8-4-5-9-16(15)22(24)25)26-13-18-21-12-17(27-18)14-6-2-1-3-7-14/h1-9,12,20H,10-11,13H2. The van der Waals surface area contributed by atoms with Crippen LogP contribution in [0.3, 0.4) is 0 Å². The fourth-order valence-corrected chi connectivity index (χ4v) is 2.41. The predicted octanol–water partition coefficient (Wildman–Crippen LogP) is 3.80. The van der Waals surface area contributed by atoms with Crippen LogP contribution in [0.25, 0.3) is 11.3 Å². The first-order chi connectivity index (χ1) is 13.1. The summed E-state index contributed by atoms with van der Waals surface area (Å²) in [4.78, 5) is 26.4. The molecule has 0 atom stereocenters. The number of nitrogens with one attached hydrogen (secondary N) is 1. The number of oxazole rings is 1. The largest absolute Gasteiger partial charge is 0.456 e. The van der Waals surface area contributed by atoms with Crippen LogP contribution in [0.15, 0.2) is 65.2 Å². The van der Waals surface area contributed by atoms with Gasteiger partial charge in [-0.2, -0.15) is 0 Å². The van der Waals surface area contributed by atoms with Crippen LogP contribution in [0.5, 0.6) is 0 Å². The number of anilines is 1. The van der Waals surface area contributed by atoms with Gasteiger partial charge in [0.15, 0.2) is 12.4 Å². The molecule has 0 amide bonds. The molecule has 0 aliphatic heterocycles. The van der Waals surface area contributed by atoms with Crippen molar-refractivity contribution in [3.05, 3.63) is 76.8 Å². The number of carbonyl (C=O) groups is 1. The maximum atomic E-state index is 11.8. The first-order valence-electron chi connectivity index (χ1n) is 8.26. The van der Waals surface area contributed by atoms with Gasteiger partial charge in [-0.05, 0) is 6.07 Å². The molecule has 0 bridgehead atoms. The number of aromatic nitrogens is 1. The lowest BCUT2D eigenvalue weighted by Gasteiger charge is -2.06. The Hall–Kier alpha value is -3.68. The van der Waals surface area contributed by atoms with E-state index < -0.39 is 10.9 Å². The Labute approximate surface area is 154 Å². The van der Waals surface area contributed by atoms with E-state index in [1.54, 1.807) is 24.4 Å². The highest BCUT2D eigenvalue weighted by atomic mass is 16.6. The Balaban J connectivity index is 1.46. The fourth-order valence-electron chi connectivity index (χ4n) is 2.41. The van der Waals surface area contributed by atoms with E-state index in [-0.39, 0.29) is 25.3 Å². The molecule has 0 saturated heterocycles. The van der Waals surface area contributed by atoms with Gasteiger partial charge in [0, 0.05) is 18.2 Å². The van der Waals surface area contributed by atoms with Gasteiger partial charge in [-0.25, -0.2) is 4.98 Å². The van der Waals surface area contributed by atoms with Gasteiger partial charge in [0.2, 0.25) is 5.89 Å². The smallest absolute Gasteiger partial charge is 0.308 e. The summed E-state index contributed by atoms with van der Waals surface area (Å²) in [5, 5.41) is 13.8. The second kappa shape index (κ2) is 8.61. The van der Waals surface area contributed by atoms with Crippen molar-refractivity contribution in [2.45, 2.75) is 13.0 Å². The summed E-state index contributed by atoms with van der Waals surface area (Å²) in [7, 11) is 0. The average molecular weight is 367 g/mol. The molecule has 138 valence electrons. The van der Waals surface area contributed by atoms with E-state index in [0.717, 1.165) is 5.56 Å². The van der Waals surface area contributed by atoms with Crippen LogP contribution in [0.4, 0.5) is 11.4 Å². The van der Waals surface area contributed by atoms with E-state index in [9.17, 15) is 14.9 Å². The SMILES string of the molecule is O=C(CCNc1ccccc1[N+](=O)[O-])OCc1ncc(-c2ccccc2)o1. The molecular weight excluding hydrogens is 350 g/mol. The molecule has 0 fully saturated rings. The lowest BCUT2D eigenvalue weighted by molar-refractivity contribution is -0.384. The predicted molar refractivity (Wildman–Crippen MR) is 97.9 cm³/mol. The third-order valence-corrected chi connectivity index (χ3v) is 3.71. The lowest BCUT2D eigenvalue weighted by atomic mass is 10.2. The van der Waals surface area contributed by atoms with Gasteiger partial charge < -0.3 is 14.5 Å². The number of rotatable bonds is 8. The molecule has 1 N–H and O–H groups in total. The Bertz CT molecular complexity index is 924. The molecule has 8 heteroatoms. The minimum atomic E-state index is -0.479. The van der Waals surface area contributed by atoms with Crippen molar-refractivity contribution in [2.24, 2.45) is 0 Å². The Kier molecular flexibility index (Phi) is 5.78. The molecule has 0 aliphatic rings. The monoisotopic (exact) mass is 367 g/mol. The van der Waals surface area contributed by atoms with Crippen LogP contribution in [-0.4, -0.2) is 22.4 Å². The lowest BCUT2D eigenvalue weighted by Crippen LogP contribution is -2.12. The number of nitro groups is 1. The summed E-state index contributed by atoms with van der Waals surface area (Å²) in [5.74, 6) is 0.439. The summed E-state index contributed by atoms with van der Waals surface area (Å²) in [6, 6.07) is 15.7. The maximum Gasteiger partial charge on any atom is 0.308 e. The quantitative estimate of drug-likeness (QED) is 0.366. The van der Waals surface area contributed by atoms with Gasteiger partial charge in [0.25, 0.3) is 5.69 Å². The van der Waals surface area contributed by atoms with Gasteiger partial charge in [-0.1, -0.05) is 42.5 Å². The van der Waals surface area contributed by atoms with E-state index in [4.69, 9.17) is 9.15 Å². The molecule has 0 spiro atoms. The second-order valence-corrected chi connectivity index (χ2v) is 5.60. The minimum Gasteiger partial charge on any atom is -0.456 e. The van der Waals surface area contributed by atoms with Crippen LogP contribution in [0, 0.1) is 10.1 Å². The zero-order valence-corrected chi connectivity index (χ0v) is 14.3. The Morgan fingerprint density at radius 3 is 2.67 bits per heavy atom. The maximum absolute atomic E-state index is 11.8. The molecule has 1 heterocycles. The number of para-hydroxylation sites is 2. The number of nitro benzene ring substituents is 1. The van der Waals surface area contributed by atoms with Crippen LogP contribution >= 0.6 is 0 Å². The first-order valence-corrected chi connectivity index (χ1v) is 8.26. The summed E-state index contributed by atoms with van der Waals surface area (Å²) in [6.45, 7) is 0.141. The first kappa shape index (κ1) is 18.1. The van der Waals surface area contributed by atoms with Crippen molar-refractivity contribution in [3.8, 4) is 11.3 Å². The second-order valence-electron chi connectivity index (χ2n) is 5.60. The summed E-state index contributed by atoms with van der Waals surface area (Å²) in [6.07, 6.45) is 1.63. The zero-order valence-electron chi connectivity index (χ0n) is 14.3. The van der Waals surface area contributed by atoms with Crippen LogP contribution in [-0.2, 0) is 16.1 Å². The normalized spacial score (nSPS) is 10.4. The molecule has 8 nitrogen and oxygen atoms in total. The topological polar surface area (TPSA) is 108 Å². The molecular formula is C19H17N3O5. The molecule has 1 aromatic heterocycles. The zero-order chi connectivity index (χ0) is 19.1. The summed E-state index contributed by atoms with van der Waals surface area (Å²) < 4.78 is 10.7. The third kappa shape index (κ3) is 4.91. The van der Waals surface area contributed by atoms with Crippen LogP contribution < -0.4 is 5.32 Å². The van der Waals surface area contributed by atoms with Crippen molar-refractivity contribution in [2.75, 3.05) is 11.9 Å². The van der Waals surface area contributed by atoms with Crippen LogP contribution in [0.2, 0.25) is 0 Å². The summed E-state index contributed by atoms with van der Waals surface area (Å²) >= 11 is 0. The molecule has 0 unspecified atom stereocenters. The van der Waals surface area contributed by atoms with Crippen molar-refractivity contribution in [3.63, 3.8) is 0 Å². The van der Waals surface area contributed by atoms with Gasteiger partial charge in [-0.15, -0.1) is 0 Å². The molecule has 3 aromatic rings. The van der Waals surface area contributed by atoms with Crippen LogP contribution in [0.1, 0.15) is 12.3 Å². The van der Waals surface area contributed by atoms with Crippen molar-refractivity contribution < 1.29 is 18.9 Å². The average Bonchev–Trinajstić information content (AvgIpc) is 3.16. The fraction of sp³-hybridized carbons (Fsp3) is 0.158. The van der Waals surface area contributed by atoms with Gasteiger partial charge in [0.1, 0.15) is 5.69 Å².